The van der Waals surface area contributed by atoms with Crippen LogP contribution in [0.5, 0.6) is 0 Å². The van der Waals surface area contributed by atoms with Crippen LogP contribution in [0.1, 0.15) is 19.4 Å². The van der Waals surface area contributed by atoms with Crippen LogP contribution in [0, 0.1) is 5.82 Å². The molecule has 0 bridgehead atoms. The van der Waals surface area contributed by atoms with Crippen LogP contribution in [0.3, 0.4) is 0 Å². The number of aromatic nitrogens is 1. The smallest absolute Gasteiger partial charge is 0.224 e. The average molecular weight is 333 g/mol. The van der Waals surface area contributed by atoms with Crippen LogP contribution < -0.4 is 5.32 Å². The van der Waals surface area contributed by atoms with Crippen molar-refractivity contribution in [1.82, 2.24) is 15.2 Å². The van der Waals surface area contributed by atoms with E-state index in [9.17, 15) is 9.18 Å². The lowest BCUT2D eigenvalue weighted by Crippen LogP contribution is -2.48. The largest absolute Gasteiger partial charge is 0.373 e. The molecule has 1 aliphatic heterocycles. The van der Waals surface area contributed by atoms with Gasteiger partial charge in [0, 0.05) is 43.3 Å². The second kappa shape index (κ2) is 7.32. The van der Waals surface area contributed by atoms with E-state index < -0.39 is 0 Å². The lowest BCUT2D eigenvalue weighted by molar-refractivity contribution is -0.120. The quantitative estimate of drug-likeness (QED) is 0.881. The molecule has 0 spiro atoms. The number of carbonyl (C=O) groups excluding carboxylic acids is 1. The van der Waals surface area contributed by atoms with Crippen molar-refractivity contribution < 1.29 is 13.9 Å². The first-order valence-electron chi connectivity index (χ1n) is 8.41. The fourth-order valence-electron chi connectivity index (χ4n) is 3.36. The van der Waals surface area contributed by atoms with Gasteiger partial charge >= 0.3 is 0 Å². The van der Waals surface area contributed by atoms with Crippen molar-refractivity contribution in [3.8, 4) is 0 Å². The third-order valence-corrected chi connectivity index (χ3v) is 4.33. The van der Waals surface area contributed by atoms with Crippen molar-refractivity contribution in [2.24, 2.45) is 0 Å². The van der Waals surface area contributed by atoms with Gasteiger partial charge < -0.3 is 15.0 Å². The van der Waals surface area contributed by atoms with Gasteiger partial charge in [-0.3, -0.25) is 9.69 Å². The number of aromatic amines is 1. The summed E-state index contributed by atoms with van der Waals surface area (Å²) in [5.74, 6) is -0.302. The van der Waals surface area contributed by atoms with Gasteiger partial charge in [0.2, 0.25) is 5.91 Å². The van der Waals surface area contributed by atoms with E-state index in [2.05, 4.69) is 29.0 Å². The molecule has 130 valence electrons. The zero-order valence-corrected chi connectivity index (χ0v) is 14.1. The number of carbonyl (C=O) groups is 1. The average Bonchev–Trinajstić information content (AvgIpc) is 2.88. The van der Waals surface area contributed by atoms with E-state index in [1.54, 1.807) is 12.3 Å². The molecule has 1 saturated heterocycles. The number of ether oxygens (including phenoxy) is 1. The molecular weight excluding hydrogens is 309 g/mol. The standard InChI is InChI=1S/C18H24FN3O2/c1-12-10-22(11-13(2)24-12)6-5-20-18(23)7-14-9-21-17-8-15(19)3-4-16(14)17/h3-4,8-9,12-13,21H,5-7,10-11H2,1-2H3,(H,20,23)/t12-,13-/m0/s1. The maximum absolute atomic E-state index is 13.2. The number of benzene rings is 1. The summed E-state index contributed by atoms with van der Waals surface area (Å²) in [6, 6.07) is 4.57. The van der Waals surface area contributed by atoms with Crippen LogP contribution >= 0.6 is 0 Å². The van der Waals surface area contributed by atoms with Crippen molar-refractivity contribution in [1.29, 1.82) is 0 Å². The highest BCUT2D eigenvalue weighted by molar-refractivity contribution is 5.88. The molecule has 2 N–H and O–H groups in total. The van der Waals surface area contributed by atoms with Gasteiger partial charge in [-0.1, -0.05) is 0 Å². The maximum Gasteiger partial charge on any atom is 0.224 e. The monoisotopic (exact) mass is 333 g/mol. The lowest BCUT2D eigenvalue weighted by Gasteiger charge is -2.35. The first-order chi connectivity index (χ1) is 11.5. The van der Waals surface area contributed by atoms with Crippen molar-refractivity contribution in [2.75, 3.05) is 26.2 Å². The van der Waals surface area contributed by atoms with Gasteiger partial charge in [0.15, 0.2) is 0 Å². The first-order valence-corrected chi connectivity index (χ1v) is 8.41. The Balaban J connectivity index is 1.48. The summed E-state index contributed by atoms with van der Waals surface area (Å²) in [5, 5.41) is 3.86. The molecule has 1 aromatic carbocycles. The third kappa shape index (κ3) is 4.13. The van der Waals surface area contributed by atoms with Gasteiger partial charge in [-0.05, 0) is 37.6 Å². The molecule has 0 saturated carbocycles. The van der Waals surface area contributed by atoms with Gasteiger partial charge in [-0.25, -0.2) is 4.39 Å². The van der Waals surface area contributed by atoms with Gasteiger partial charge in [0.05, 0.1) is 18.6 Å². The highest BCUT2D eigenvalue weighted by atomic mass is 19.1. The summed E-state index contributed by atoms with van der Waals surface area (Å²) >= 11 is 0. The second-order valence-corrected chi connectivity index (χ2v) is 6.55. The van der Waals surface area contributed by atoms with Crippen LogP contribution in [-0.2, 0) is 16.0 Å². The minimum Gasteiger partial charge on any atom is -0.373 e. The topological polar surface area (TPSA) is 57.4 Å². The van der Waals surface area contributed by atoms with Gasteiger partial charge in [-0.2, -0.15) is 0 Å². The van der Waals surface area contributed by atoms with Crippen LogP contribution in [0.2, 0.25) is 0 Å². The number of H-pyrrole nitrogens is 1. The van der Waals surface area contributed by atoms with E-state index in [4.69, 9.17) is 4.74 Å². The SMILES string of the molecule is C[C@H]1CN(CCNC(=O)Cc2c[nH]c3cc(F)ccc23)C[C@H](C)O1. The first kappa shape index (κ1) is 16.9. The normalized spacial score (nSPS) is 22.0. The zero-order valence-electron chi connectivity index (χ0n) is 14.1. The molecular formula is C18H24FN3O2. The fraction of sp³-hybridized carbons (Fsp3) is 0.500. The molecule has 1 fully saturated rings. The molecule has 1 amide bonds. The Morgan fingerprint density at radius 1 is 1.38 bits per heavy atom. The van der Waals surface area contributed by atoms with Crippen LogP contribution in [0.4, 0.5) is 4.39 Å². The molecule has 0 aliphatic carbocycles. The van der Waals surface area contributed by atoms with Crippen LogP contribution in [-0.4, -0.2) is 54.2 Å². The number of hydrogen-bond acceptors (Lipinski definition) is 3. The number of rotatable bonds is 5. The molecule has 24 heavy (non-hydrogen) atoms. The predicted molar refractivity (Wildman–Crippen MR) is 91.4 cm³/mol. The Hall–Kier alpha value is -1.92. The van der Waals surface area contributed by atoms with Gasteiger partial charge in [-0.15, -0.1) is 0 Å². The van der Waals surface area contributed by atoms with E-state index in [0.717, 1.165) is 30.6 Å². The maximum atomic E-state index is 13.2. The number of amides is 1. The fourth-order valence-corrected chi connectivity index (χ4v) is 3.36. The molecule has 5 nitrogen and oxygen atoms in total. The highest BCUT2D eigenvalue weighted by Crippen LogP contribution is 2.19. The minimum absolute atomic E-state index is 0.0189. The molecule has 2 aromatic rings. The number of fused-ring (bicyclic) bond motifs is 1. The van der Waals surface area contributed by atoms with E-state index >= 15 is 0 Å². The van der Waals surface area contributed by atoms with Crippen molar-refractivity contribution in [3.63, 3.8) is 0 Å². The van der Waals surface area contributed by atoms with E-state index in [0.29, 0.717) is 18.5 Å². The van der Waals surface area contributed by atoms with Crippen molar-refractivity contribution in [2.45, 2.75) is 32.5 Å². The lowest BCUT2D eigenvalue weighted by atomic mass is 10.1. The minimum atomic E-state index is -0.283. The number of morpholine rings is 1. The Bertz CT molecular complexity index is 705. The molecule has 1 aromatic heterocycles. The van der Waals surface area contributed by atoms with Crippen molar-refractivity contribution >= 4 is 16.8 Å². The zero-order chi connectivity index (χ0) is 17.1. The second-order valence-electron chi connectivity index (χ2n) is 6.55. The molecule has 3 rings (SSSR count). The summed E-state index contributed by atoms with van der Waals surface area (Å²) in [6.07, 6.45) is 2.53. The summed E-state index contributed by atoms with van der Waals surface area (Å²) in [4.78, 5) is 17.5. The molecule has 1 aliphatic rings. The summed E-state index contributed by atoms with van der Waals surface area (Å²) in [7, 11) is 0. The molecule has 0 radical (unpaired) electrons. The summed E-state index contributed by atoms with van der Waals surface area (Å²) < 4.78 is 18.9. The Labute approximate surface area is 141 Å². The number of hydrogen-bond donors (Lipinski definition) is 2. The Morgan fingerprint density at radius 2 is 2.12 bits per heavy atom. The number of nitrogens with zero attached hydrogens (tertiary/aromatic N) is 1. The molecule has 0 unspecified atom stereocenters. The van der Waals surface area contributed by atoms with Crippen LogP contribution in [0.25, 0.3) is 10.9 Å². The van der Waals surface area contributed by atoms with E-state index in [1.165, 1.54) is 12.1 Å². The van der Waals surface area contributed by atoms with Gasteiger partial charge in [0.25, 0.3) is 0 Å². The Kier molecular flexibility index (Phi) is 5.16. The highest BCUT2D eigenvalue weighted by Gasteiger charge is 2.21. The van der Waals surface area contributed by atoms with Gasteiger partial charge in [0.1, 0.15) is 5.82 Å². The molecule has 6 heteroatoms. The van der Waals surface area contributed by atoms with E-state index in [-0.39, 0.29) is 23.9 Å². The summed E-state index contributed by atoms with van der Waals surface area (Å²) in [5.41, 5.74) is 1.60. The number of halogens is 1. The Morgan fingerprint density at radius 3 is 2.88 bits per heavy atom. The van der Waals surface area contributed by atoms with Crippen LogP contribution in [0.15, 0.2) is 24.4 Å². The third-order valence-electron chi connectivity index (χ3n) is 4.33. The molecule has 2 heterocycles. The predicted octanol–water partition coefficient (Wildman–Crippen LogP) is 2.07. The van der Waals surface area contributed by atoms with E-state index in [1.807, 2.05) is 0 Å². The summed E-state index contributed by atoms with van der Waals surface area (Å²) in [6.45, 7) is 7.38. The number of nitrogens with one attached hydrogen (secondary N) is 2. The molecule has 2 atom stereocenters. The van der Waals surface area contributed by atoms with Crippen molar-refractivity contribution in [3.05, 3.63) is 35.8 Å².